The minimum absolute atomic E-state index is 0.0618. The van der Waals surface area contributed by atoms with E-state index in [2.05, 4.69) is 10.5 Å². The fraction of sp³-hybridized carbons (Fsp3) is 0.263. The van der Waals surface area contributed by atoms with Crippen molar-refractivity contribution in [3.05, 3.63) is 64.7 Å². The molecule has 2 aromatic carbocycles. The quantitative estimate of drug-likeness (QED) is 0.590. The predicted octanol–water partition coefficient (Wildman–Crippen LogP) is 2.80. The summed E-state index contributed by atoms with van der Waals surface area (Å²) in [5, 5.41) is 4.58. The predicted molar refractivity (Wildman–Crippen MR) is 105 cm³/mol. The highest BCUT2D eigenvalue weighted by atomic mass is 35.5. The summed E-state index contributed by atoms with van der Waals surface area (Å²) in [6.45, 7) is 0.435. The smallest absolute Gasteiger partial charge is 0.244 e. The minimum atomic E-state index is -3.08. The van der Waals surface area contributed by atoms with Gasteiger partial charge in [0.05, 0.1) is 23.6 Å². The highest BCUT2D eigenvalue weighted by Crippen LogP contribution is 2.18. The van der Waals surface area contributed by atoms with Gasteiger partial charge in [0.25, 0.3) is 0 Å². The van der Waals surface area contributed by atoms with Crippen LogP contribution in [-0.2, 0) is 21.2 Å². The molecule has 0 aliphatic carbocycles. The van der Waals surface area contributed by atoms with Crippen LogP contribution in [0.25, 0.3) is 0 Å². The molecule has 2 aromatic rings. The fourth-order valence-corrected chi connectivity index (χ4v) is 4.53. The molecule has 0 unspecified atom stereocenters. The monoisotopic (exact) mass is 406 g/mol. The molecule has 142 valence electrons. The third kappa shape index (κ3) is 5.80. The second-order valence-electron chi connectivity index (χ2n) is 6.32. The Bertz CT molecular complexity index is 925. The maximum absolute atomic E-state index is 11.9. The zero-order valence-corrected chi connectivity index (χ0v) is 16.0. The number of ether oxygens (including phenoxy) is 1. The molecule has 0 saturated carbocycles. The van der Waals surface area contributed by atoms with Crippen LogP contribution in [0.5, 0.6) is 5.75 Å². The van der Waals surface area contributed by atoms with Gasteiger partial charge in [-0.3, -0.25) is 4.79 Å². The van der Waals surface area contributed by atoms with Crippen molar-refractivity contribution in [1.29, 1.82) is 0 Å². The van der Waals surface area contributed by atoms with Crippen LogP contribution in [0.3, 0.4) is 0 Å². The molecular formula is C19H19ClN2O4S. The van der Waals surface area contributed by atoms with Crippen LogP contribution >= 0.6 is 11.6 Å². The van der Waals surface area contributed by atoms with E-state index in [0.29, 0.717) is 23.8 Å². The lowest BCUT2D eigenvalue weighted by atomic mass is 10.1. The normalized spacial score (nSPS) is 18.5. The second-order valence-corrected chi connectivity index (χ2v) is 8.98. The van der Waals surface area contributed by atoms with E-state index in [1.807, 2.05) is 48.5 Å². The van der Waals surface area contributed by atoms with Crippen LogP contribution in [0.15, 0.2) is 53.6 Å². The second kappa shape index (κ2) is 8.54. The van der Waals surface area contributed by atoms with Gasteiger partial charge in [0, 0.05) is 5.02 Å². The van der Waals surface area contributed by atoms with Gasteiger partial charge >= 0.3 is 0 Å². The number of hydrazone groups is 1. The van der Waals surface area contributed by atoms with Crippen molar-refractivity contribution >= 4 is 33.6 Å². The number of sulfone groups is 1. The van der Waals surface area contributed by atoms with Gasteiger partial charge in [0.1, 0.15) is 12.4 Å². The van der Waals surface area contributed by atoms with Crippen LogP contribution in [0, 0.1) is 5.92 Å². The lowest BCUT2D eigenvalue weighted by molar-refractivity contribution is -0.124. The van der Waals surface area contributed by atoms with Gasteiger partial charge in [-0.25, -0.2) is 13.8 Å². The molecular weight excluding hydrogens is 388 g/mol. The molecule has 8 heteroatoms. The van der Waals surface area contributed by atoms with E-state index in [4.69, 9.17) is 16.3 Å². The molecule has 6 nitrogen and oxygen atoms in total. The molecule has 0 bridgehead atoms. The number of amides is 1. The molecule has 0 spiro atoms. The number of benzene rings is 2. The van der Waals surface area contributed by atoms with Crippen molar-refractivity contribution in [2.24, 2.45) is 11.0 Å². The first-order valence-corrected chi connectivity index (χ1v) is 10.6. The zero-order chi connectivity index (χ0) is 19.3. The van der Waals surface area contributed by atoms with Crippen LogP contribution < -0.4 is 10.2 Å². The standard InChI is InChI=1S/C19H19ClN2O4S/c20-17-5-1-15(2-6-17)12-26-18-7-3-14(4-8-18)11-21-22-19(23)16-9-10-27(24,25)13-16/h1-8,11,16H,9-10,12-13H2,(H,22,23)/b21-11-/t16-/m0/s1. The summed E-state index contributed by atoms with van der Waals surface area (Å²) in [4.78, 5) is 11.9. The Morgan fingerprint density at radius 1 is 1.19 bits per heavy atom. The van der Waals surface area contributed by atoms with Gasteiger partial charge in [0.15, 0.2) is 9.84 Å². The van der Waals surface area contributed by atoms with Gasteiger partial charge in [-0.2, -0.15) is 5.10 Å². The van der Waals surface area contributed by atoms with Gasteiger partial charge < -0.3 is 4.74 Å². The van der Waals surface area contributed by atoms with Crippen molar-refractivity contribution in [2.75, 3.05) is 11.5 Å². The average Bonchev–Trinajstić information content (AvgIpc) is 3.02. The molecule has 1 fully saturated rings. The highest BCUT2D eigenvalue weighted by molar-refractivity contribution is 7.91. The van der Waals surface area contributed by atoms with E-state index < -0.39 is 15.8 Å². The SMILES string of the molecule is O=C(N/N=C\c1ccc(OCc2ccc(Cl)cc2)cc1)[C@H]1CCS(=O)(=O)C1. The molecule has 1 amide bonds. The number of nitrogens with one attached hydrogen (secondary N) is 1. The summed E-state index contributed by atoms with van der Waals surface area (Å²) in [7, 11) is -3.08. The average molecular weight is 407 g/mol. The Labute approximate surface area is 163 Å². The Morgan fingerprint density at radius 3 is 2.52 bits per heavy atom. The molecule has 1 heterocycles. The van der Waals surface area contributed by atoms with Gasteiger partial charge in [0.2, 0.25) is 5.91 Å². The lowest BCUT2D eigenvalue weighted by Gasteiger charge is -2.07. The summed E-state index contributed by atoms with van der Waals surface area (Å²) in [6, 6.07) is 14.7. The highest BCUT2D eigenvalue weighted by Gasteiger charge is 2.32. The summed E-state index contributed by atoms with van der Waals surface area (Å²) < 4.78 is 28.5. The number of nitrogens with zero attached hydrogens (tertiary/aromatic N) is 1. The first kappa shape index (κ1) is 19.4. The van der Waals surface area contributed by atoms with Crippen LogP contribution in [0.1, 0.15) is 17.5 Å². The molecule has 27 heavy (non-hydrogen) atoms. The number of halogens is 1. The Balaban J connectivity index is 1.47. The molecule has 1 N–H and O–H groups in total. The summed E-state index contributed by atoms with van der Waals surface area (Å²) >= 11 is 5.85. The fourth-order valence-electron chi connectivity index (χ4n) is 2.66. The third-order valence-corrected chi connectivity index (χ3v) is 6.21. The maximum Gasteiger partial charge on any atom is 0.244 e. The molecule has 0 radical (unpaired) electrons. The number of hydrogen-bond acceptors (Lipinski definition) is 5. The first-order chi connectivity index (χ1) is 12.9. The van der Waals surface area contributed by atoms with Gasteiger partial charge in [-0.05, 0) is 53.9 Å². The van der Waals surface area contributed by atoms with E-state index in [9.17, 15) is 13.2 Å². The zero-order valence-electron chi connectivity index (χ0n) is 14.5. The van der Waals surface area contributed by atoms with Crippen LogP contribution in [0.4, 0.5) is 0 Å². The van der Waals surface area contributed by atoms with Crippen LogP contribution in [-0.4, -0.2) is 32.0 Å². The Morgan fingerprint density at radius 2 is 1.89 bits per heavy atom. The lowest BCUT2D eigenvalue weighted by Crippen LogP contribution is -2.27. The number of hydrogen-bond donors (Lipinski definition) is 1. The van der Waals surface area contributed by atoms with Gasteiger partial charge in [-0.1, -0.05) is 23.7 Å². The van der Waals surface area contributed by atoms with E-state index in [-0.39, 0.29) is 17.4 Å². The number of carbonyl (C=O) groups is 1. The first-order valence-electron chi connectivity index (χ1n) is 8.42. The Hall–Kier alpha value is -2.38. The maximum atomic E-state index is 11.9. The molecule has 0 aromatic heterocycles. The minimum Gasteiger partial charge on any atom is -0.489 e. The van der Waals surface area contributed by atoms with E-state index in [0.717, 1.165) is 11.1 Å². The molecule has 1 saturated heterocycles. The summed E-state index contributed by atoms with van der Waals surface area (Å²) in [5.74, 6) is -0.214. The van der Waals surface area contributed by atoms with Crippen molar-refractivity contribution in [3.8, 4) is 5.75 Å². The Kier molecular flexibility index (Phi) is 6.13. The third-order valence-electron chi connectivity index (χ3n) is 4.19. The van der Waals surface area contributed by atoms with Crippen molar-refractivity contribution in [3.63, 3.8) is 0 Å². The summed E-state index contributed by atoms with van der Waals surface area (Å²) in [6.07, 6.45) is 1.85. The molecule has 1 atom stereocenters. The largest absolute Gasteiger partial charge is 0.489 e. The van der Waals surface area contributed by atoms with Crippen molar-refractivity contribution < 1.29 is 17.9 Å². The number of rotatable bonds is 6. The van der Waals surface area contributed by atoms with Crippen LogP contribution in [0.2, 0.25) is 5.02 Å². The van der Waals surface area contributed by atoms with Gasteiger partial charge in [-0.15, -0.1) is 0 Å². The molecule has 3 rings (SSSR count). The topological polar surface area (TPSA) is 84.8 Å². The van der Waals surface area contributed by atoms with Crippen molar-refractivity contribution in [1.82, 2.24) is 5.43 Å². The van der Waals surface area contributed by atoms with E-state index in [1.165, 1.54) is 6.21 Å². The number of carbonyl (C=O) groups excluding carboxylic acids is 1. The summed E-state index contributed by atoms with van der Waals surface area (Å²) in [5.41, 5.74) is 4.20. The van der Waals surface area contributed by atoms with E-state index in [1.54, 1.807) is 0 Å². The molecule has 1 aliphatic heterocycles. The molecule has 1 aliphatic rings. The van der Waals surface area contributed by atoms with E-state index >= 15 is 0 Å². The van der Waals surface area contributed by atoms with Crippen molar-refractivity contribution in [2.45, 2.75) is 13.0 Å².